The van der Waals surface area contributed by atoms with Gasteiger partial charge in [0.15, 0.2) is 11.7 Å². The van der Waals surface area contributed by atoms with E-state index in [0.29, 0.717) is 24.4 Å². The lowest BCUT2D eigenvalue weighted by Crippen LogP contribution is -2.33. The van der Waals surface area contributed by atoms with Crippen molar-refractivity contribution in [2.75, 3.05) is 13.1 Å². The molecule has 0 saturated heterocycles. The van der Waals surface area contributed by atoms with Gasteiger partial charge in [-0.2, -0.15) is 13.2 Å². The minimum atomic E-state index is -4.40. The lowest BCUT2D eigenvalue weighted by Gasteiger charge is -2.05. The molecule has 0 bridgehead atoms. The molecule has 0 aromatic carbocycles. The van der Waals surface area contributed by atoms with Crippen molar-refractivity contribution < 1.29 is 13.2 Å². The van der Waals surface area contributed by atoms with Crippen molar-refractivity contribution in [3.05, 3.63) is 46.2 Å². The van der Waals surface area contributed by atoms with Crippen LogP contribution in [0.15, 0.2) is 34.8 Å². The molecule has 0 atom stereocenters. The summed E-state index contributed by atoms with van der Waals surface area (Å²) in [5, 5.41) is 4.34. The van der Waals surface area contributed by atoms with Gasteiger partial charge in [0, 0.05) is 43.2 Å². The van der Waals surface area contributed by atoms with Crippen molar-refractivity contribution in [3.8, 4) is 0 Å². The highest BCUT2D eigenvalue weighted by molar-refractivity contribution is 7.09. The monoisotopic (exact) mass is 343 g/mol. The highest BCUT2D eigenvalue weighted by Gasteiger charge is 2.33. The summed E-state index contributed by atoms with van der Waals surface area (Å²) in [6.07, 6.45) is -1.65. The Labute approximate surface area is 135 Å². The maximum absolute atomic E-state index is 12.4. The van der Waals surface area contributed by atoms with E-state index in [0.717, 1.165) is 22.4 Å². The Hall–Kier alpha value is -2.16. The number of guanidine groups is 1. The highest BCUT2D eigenvalue weighted by atomic mass is 32.1. The van der Waals surface area contributed by atoms with Crippen molar-refractivity contribution in [2.45, 2.75) is 19.0 Å². The fourth-order valence-corrected chi connectivity index (χ4v) is 2.54. The second-order valence-corrected chi connectivity index (χ2v) is 5.58. The van der Waals surface area contributed by atoms with Gasteiger partial charge in [-0.1, -0.05) is 6.07 Å². The molecule has 2 rings (SSSR count). The number of pyridine rings is 1. The third-order valence-corrected chi connectivity index (χ3v) is 3.77. The summed E-state index contributed by atoms with van der Waals surface area (Å²) in [6.45, 7) is 0.870. The number of rotatable bonds is 6. The zero-order chi connectivity index (χ0) is 16.7. The van der Waals surface area contributed by atoms with Crippen LogP contribution in [0.4, 0.5) is 13.2 Å². The molecule has 0 radical (unpaired) electrons. The third kappa shape index (κ3) is 5.85. The average Bonchev–Trinajstić information content (AvgIpc) is 2.97. The molecule has 2 heterocycles. The van der Waals surface area contributed by atoms with Gasteiger partial charge in [-0.25, -0.2) is 4.98 Å². The van der Waals surface area contributed by atoms with Crippen molar-refractivity contribution in [1.82, 2.24) is 15.3 Å². The van der Waals surface area contributed by atoms with Crippen molar-refractivity contribution in [1.29, 1.82) is 0 Å². The standard InChI is InChI=1S/C14H16F3N5S/c15-14(16,17)11-9-23-12(22-11)5-8-21-13(18)20-7-4-10-3-1-2-6-19-10/h1-3,6,9H,4-5,7-8H2,(H3,18,20,21). The molecule has 0 unspecified atom stereocenters. The van der Waals surface area contributed by atoms with Gasteiger partial charge in [0.1, 0.15) is 0 Å². The summed E-state index contributed by atoms with van der Waals surface area (Å²) in [5.74, 6) is 0.258. The van der Waals surface area contributed by atoms with Crippen LogP contribution in [0.1, 0.15) is 16.4 Å². The van der Waals surface area contributed by atoms with Gasteiger partial charge < -0.3 is 11.1 Å². The van der Waals surface area contributed by atoms with E-state index in [1.165, 1.54) is 0 Å². The first-order valence-electron chi connectivity index (χ1n) is 6.90. The lowest BCUT2D eigenvalue weighted by molar-refractivity contribution is -0.140. The molecule has 9 heteroatoms. The van der Waals surface area contributed by atoms with Crippen LogP contribution in [0.3, 0.4) is 0 Å². The summed E-state index contributed by atoms with van der Waals surface area (Å²) in [7, 11) is 0. The molecular formula is C14H16F3N5S. The second kappa shape index (κ2) is 7.91. The Morgan fingerprint density at radius 3 is 2.78 bits per heavy atom. The van der Waals surface area contributed by atoms with Crippen LogP contribution in [0, 0.1) is 0 Å². The molecule has 0 amide bonds. The van der Waals surface area contributed by atoms with E-state index in [1.54, 1.807) is 6.20 Å². The average molecular weight is 343 g/mol. The molecule has 2 aromatic heterocycles. The van der Waals surface area contributed by atoms with Crippen LogP contribution in [-0.2, 0) is 19.0 Å². The molecule has 0 aliphatic carbocycles. The predicted octanol–water partition coefficient (Wildman–Crippen LogP) is 2.25. The molecule has 5 nitrogen and oxygen atoms in total. The summed E-state index contributed by atoms with van der Waals surface area (Å²) < 4.78 is 37.2. The number of halogens is 3. The third-order valence-electron chi connectivity index (χ3n) is 2.86. The summed E-state index contributed by atoms with van der Waals surface area (Å²) in [5.41, 5.74) is 5.78. The Morgan fingerprint density at radius 1 is 1.30 bits per heavy atom. The first-order chi connectivity index (χ1) is 10.9. The number of nitrogens with two attached hydrogens (primary N) is 1. The van der Waals surface area contributed by atoms with E-state index in [2.05, 4.69) is 20.3 Å². The van der Waals surface area contributed by atoms with Crippen molar-refractivity contribution in [2.24, 2.45) is 10.7 Å². The Kier molecular flexibility index (Phi) is 5.91. The molecule has 23 heavy (non-hydrogen) atoms. The second-order valence-electron chi connectivity index (χ2n) is 4.64. The minimum absolute atomic E-state index is 0.258. The number of aliphatic imine (C=N–C) groups is 1. The quantitative estimate of drug-likeness (QED) is 0.623. The van der Waals surface area contributed by atoms with Crippen LogP contribution in [0.25, 0.3) is 0 Å². The molecule has 3 N–H and O–H groups in total. The van der Waals surface area contributed by atoms with E-state index < -0.39 is 11.9 Å². The molecule has 0 aliphatic rings. The first-order valence-corrected chi connectivity index (χ1v) is 7.78. The molecule has 2 aromatic rings. The predicted molar refractivity (Wildman–Crippen MR) is 83.3 cm³/mol. The highest BCUT2D eigenvalue weighted by Crippen LogP contribution is 2.30. The van der Waals surface area contributed by atoms with E-state index in [9.17, 15) is 13.2 Å². The molecule has 0 spiro atoms. The number of thiazole rings is 1. The summed E-state index contributed by atoms with van der Waals surface area (Å²) in [6, 6.07) is 5.66. The number of aromatic nitrogens is 2. The van der Waals surface area contributed by atoms with Gasteiger partial charge in [-0.15, -0.1) is 11.3 Å². The topological polar surface area (TPSA) is 76.2 Å². The maximum Gasteiger partial charge on any atom is 0.434 e. The van der Waals surface area contributed by atoms with Gasteiger partial charge >= 0.3 is 6.18 Å². The molecule has 0 aliphatic heterocycles. The Bertz CT molecular complexity index is 639. The number of alkyl halides is 3. The van der Waals surface area contributed by atoms with Crippen LogP contribution in [-0.4, -0.2) is 29.0 Å². The van der Waals surface area contributed by atoms with Gasteiger partial charge in [-0.3, -0.25) is 9.98 Å². The first kappa shape index (κ1) is 17.2. The summed E-state index contributed by atoms with van der Waals surface area (Å²) in [4.78, 5) is 11.8. The van der Waals surface area contributed by atoms with E-state index in [-0.39, 0.29) is 12.5 Å². The van der Waals surface area contributed by atoms with Crippen molar-refractivity contribution in [3.63, 3.8) is 0 Å². The normalized spacial score (nSPS) is 12.4. The zero-order valence-corrected chi connectivity index (χ0v) is 13.0. The molecule has 124 valence electrons. The fourth-order valence-electron chi connectivity index (χ4n) is 1.75. The van der Waals surface area contributed by atoms with Crippen LogP contribution < -0.4 is 11.1 Å². The Morgan fingerprint density at radius 2 is 2.13 bits per heavy atom. The molecule has 0 saturated carbocycles. The van der Waals surface area contributed by atoms with E-state index in [1.807, 2.05) is 18.2 Å². The van der Waals surface area contributed by atoms with Crippen LogP contribution in [0.2, 0.25) is 0 Å². The Balaban J connectivity index is 1.71. The van der Waals surface area contributed by atoms with Crippen LogP contribution in [0.5, 0.6) is 0 Å². The fraction of sp³-hybridized carbons (Fsp3) is 0.357. The minimum Gasteiger partial charge on any atom is -0.370 e. The van der Waals surface area contributed by atoms with Gasteiger partial charge in [0.2, 0.25) is 0 Å². The largest absolute Gasteiger partial charge is 0.434 e. The van der Waals surface area contributed by atoms with E-state index in [4.69, 9.17) is 5.73 Å². The smallest absolute Gasteiger partial charge is 0.370 e. The van der Waals surface area contributed by atoms with Gasteiger partial charge in [0.05, 0.1) is 5.01 Å². The number of hydrogen-bond donors (Lipinski definition) is 2. The molecular weight excluding hydrogens is 327 g/mol. The number of hydrogen-bond acceptors (Lipinski definition) is 4. The van der Waals surface area contributed by atoms with E-state index >= 15 is 0 Å². The SMILES string of the molecule is NC(=NCCc1nc(C(F)(F)F)cs1)NCCc1ccccn1. The number of nitrogens with zero attached hydrogens (tertiary/aromatic N) is 3. The maximum atomic E-state index is 12.4. The van der Waals surface area contributed by atoms with Crippen molar-refractivity contribution >= 4 is 17.3 Å². The van der Waals surface area contributed by atoms with Gasteiger partial charge in [0.25, 0.3) is 0 Å². The number of nitrogens with one attached hydrogen (secondary N) is 1. The lowest BCUT2D eigenvalue weighted by atomic mass is 10.3. The summed E-state index contributed by atoms with van der Waals surface area (Å²) >= 11 is 0.973. The van der Waals surface area contributed by atoms with Gasteiger partial charge in [-0.05, 0) is 12.1 Å². The zero-order valence-electron chi connectivity index (χ0n) is 12.2. The van der Waals surface area contributed by atoms with Crippen LogP contribution >= 0.6 is 11.3 Å². The molecule has 0 fully saturated rings.